The SMILES string of the molecule is Cc1oc(C)c(C(=O)Nc2ccccc2N)c1C. The van der Waals surface area contributed by atoms with Gasteiger partial charge in [-0.1, -0.05) is 12.1 Å². The lowest BCUT2D eigenvalue weighted by Crippen LogP contribution is -2.14. The zero-order valence-corrected chi connectivity index (χ0v) is 10.7. The smallest absolute Gasteiger partial charge is 0.259 e. The molecule has 0 radical (unpaired) electrons. The van der Waals surface area contributed by atoms with Gasteiger partial charge < -0.3 is 15.5 Å². The van der Waals surface area contributed by atoms with E-state index in [1.807, 2.05) is 26.0 Å². The summed E-state index contributed by atoms with van der Waals surface area (Å²) in [4.78, 5) is 12.2. The van der Waals surface area contributed by atoms with Crippen molar-refractivity contribution in [2.45, 2.75) is 20.8 Å². The number of para-hydroxylation sites is 2. The Morgan fingerprint density at radius 1 is 1.17 bits per heavy atom. The molecule has 0 bridgehead atoms. The molecule has 0 aliphatic rings. The number of hydrogen-bond donors (Lipinski definition) is 2. The number of carbonyl (C=O) groups is 1. The van der Waals surface area contributed by atoms with Gasteiger partial charge in [-0.05, 0) is 32.9 Å². The molecule has 2 aromatic rings. The Morgan fingerprint density at radius 3 is 2.39 bits per heavy atom. The molecule has 3 N–H and O–H groups in total. The summed E-state index contributed by atoms with van der Waals surface area (Å²) in [6, 6.07) is 7.16. The van der Waals surface area contributed by atoms with Crippen LogP contribution in [0.5, 0.6) is 0 Å². The predicted molar refractivity (Wildman–Crippen MR) is 71.7 cm³/mol. The lowest BCUT2D eigenvalue weighted by Gasteiger charge is -2.07. The van der Waals surface area contributed by atoms with Crippen molar-refractivity contribution >= 4 is 17.3 Å². The van der Waals surface area contributed by atoms with Gasteiger partial charge in [0.1, 0.15) is 11.5 Å². The topological polar surface area (TPSA) is 68.3 Å². The van der Waals surface area contributed by atoms with Crippen LogP contribution in [0.3, 0.4) is 0 Å². The zero-order valence-electron chi connectivity index (χ0n) is 10.7. The van der Waals surface area contributed by atoms with Crippen molar-refractivity contribution in [1.29, 1.82) is 0 Å². The Hall–Kier alpha value is -2.23. The average Bonchev–Trinajstić information content (AvgIpc) is 2.56. The van der Waals surface area contributed by atoms with E-state index in [1.54, 1.807) is 19.1 Å². The van der Waals surface area contributed by atoms with Gasteiger partial charge in [-0.25, -0.2) is 0 Å². The monoisotopic (exact) mass is 244 g/mol. The molecular weight excluding hydrogens is 228 g/mol. The molecule has 0 saturated heterocycles. The maximum absolute atomic E-state index is 12.2. The van der Waals surface area contributed by atoms with Crippen molar-refractivity contribution in [2.24, 2.45) is 0 Å². The minimum Gasteiger partial charge on any atom is -0.466 e. The number of furan rings is 1. The lowest BCUT2D eigenvalue weighted by molar-refractivity contribution is 0.102. The molecule has 94 valence electrons. The zero-order chi connectivity index (χ0) is 13.3. The molecule has 0 saturated carbocycles. The third kappa shape index (κ3) is 2.09. The molecule has 1 heterocycles. The van der Waals surface area contributed by atoms with Crippen LogP contribution in [0.15, 0.2) is 28.7 Å². The Balaban J connectivity index is 2.31. The normalized spacial score (nSPS) is 10.4. The highest BCUT2D eigenvalue weighted by molar-refractivity contribution is 6.07. The number of rotatable bonds is 2. The summed E-state index contributed by atoms with van der Waals surface area (Å²) in [5.41, 5.74) is 8.38. The van der Waals surface area contributed by atoms with Crippen LogP contribution in [0, 0.1) is 20.8 Å². The van der Waals surface area contributed by atoms with E-state index in [1.165, 1.54) is 0 Å². The molecule has 0 spiro atoms. The Morgan fingerprint density at radius 2 is 1.83 bits per heavy atom. The fourth-order valence-electron chi connectivity index (χ4n) is 1.92. The number of amides is 1. The first-order chi connectivity index (χ1) is 8.50. The number of benzene rings is 1. The highest BCUT2D eigenvalue weighted by Gasteiger charge is 2.18. The number of nitrogens with one attached hydrogen (secondary N) is 1. The van der Waals surface area contributed by atoms with E-state index in [0.717, 1.165) is 11.3 Å². The van der Waals surface area contributed by atoms with E-state index in [9.17, 15) is 4.79 Å². The Bertz CT molecular complexity index is 600. The van der Waals surface area contributed by atoms with Gasteiger partial charge in [-0.3, -0.25) is 4.79 Å². The number of anilines is 2. The van der Waals surface area contributed by atoms with E-state index in [0.29, 0.717) is 22.7 Å². The first kappa shape index (κ1) is 12.2. The first-order valence-electron chi connectivity index (χ1n) is 5.73. The van der Waals surface area contributed by atoms with Gasteiger partial charge in [0, 0.05) is 5.56 Å². The third-order valence-electron chi connectivity index (χ3n) is 3.00. The molecule has 0 aliphatic carbocycles. The molecule has 1 amide bonds. The van der Waals surface area contributed by atoms with Crippen LogP contribution in [0.25, 0.3) is 0 Å². The van der Waals surface area contributed by atoms with Crippen molar-refractivity contribution in [3.8, 4) is 0 Å². The number of hydrogen-bond acceptors (Lipinski definition) is 3. The van der Waals surface area contributed by atoms with Crippen LogP contribution in [0.1, 0.15) is 27.4 Å². The van der Waals surface area contributed by atoms with Crippen molar-refractivity contribution in [3.63, 3.8) is 0 Å². The van der Waals surface area contributed by atoms with Crippen molar-refractivity contribution < 1.29 is 9.21 Å². The van der Waals surface area contributed by atoms with Crippen molar-refractivity contribution in [2.75, 3.05) is 11.1 Å². The van der Waals surface area contributed by atoms with Gasteiger partial charge in [0.15, 0.2) is 0 Å². The predicted octanol–water partition coefficient (Wildman–Crippen LogP) is 3.04. The molecule has 1 aromatic carbocycles. The van der Waals surface area contributed by atoms with E-state index in [4.69, 9.17) is 10.2 Å². The molecule has 1 aromatic heterocycles. The lowest BCUT2D eigenvalue weighted by atomic mass is 10.1. The van der Waals surface area contributed by atoms with Crippen LogP contribution in [0.4, 0.5) is 11.4 Å². The summed E-state index contributed by atoms with van der Waals surface area (Å²) in [6.45, 7) is 5.49. The Kier molecular flexibility index (Phi) is 3.10. The summed E-state index contributed by atoms with van der Waals surface area (Å²) in [6.07, 6.45) is 0. The standard InChI is InChI=1S/C14H16N2O2/c1-8-9(2)18-10(3)13(8)14(17)16-12-7-5-4-6-11(12)15/h4-7H,15H2,1-3H3,(H,16,17). The number of aryl methyl sites for hydroxylation is 2. The molecule has 18 heavy (non-hydrogen) atoms. The Labute approximate surface area is 106 Å². The summed E-state index contributed by atoms with van der Waals surface area (Å²) < 4.78 is 5.44. The molecule has 0 aliphatic heterocycles. The van der Waals surface area contributed by atoms with Gasteiger partial charge in [0.2, 0.25) is 0 Å². The maximum Gasteiger partial charge on any atom is 0.259 e. The summed E-state index contributed by atoms with van der Waals surface area (Å²) in [5.74, 6) is 1.19. The molecule has 0 unspecified atom stereocenters. The van der Waals surface area contributed by atoms with Crippen molar-refractivity contribution in [1.82, 2.24) is 0 Å². The summed E-state index contributed by atoms with van der Waals surface area (Å²) in [7, 11) is 0. The van der Waals surface area contributed by atoms with Gasteiger partial charge >= 0.3 is 0 Å². The van der Waals surface area contributed by atoms with Gasteiger partial charge in [-0.2, -0.15) is 0 Å². The largest absolute Gasteiger partial charge is 0.466 e. The quantitative estimate of drug-likeness (QED) is 0.798. The fourth-order valence-corrected chi connectivity index (χ4v) is 1.92. The molecule has 0 fully saturated rings. The van der Waals surface area contributed by atoms with Crippen LogP contribution < -0.4 is 11.1 Å². The molecular formula is C14H16N2O2. The van der Waals surface area contributed by atoms with E-state index in [2.05, 4.69) is 5.32 Å². The minimum atomic E-state index is -0.195. The third-order valence-corrected chi connectivity index (χ3v) is 3.00. The second-order valence-electron chi connectivity index (χ2n) is 4.26. The number of nitrogen functional groups attached to an aromatic ring is 1. The highest BCUT2D eigenvalue weighted by atomic mass is 16.3. The van der Waals surface area contributed by atoms with Crippen molar-refractivity contribution in [3.05, 3.63) is 46.9 Å². The summed E-state index contributed by atoms with van der Waals surface area (Å²) >= 11 is 0. The second kappa shape index (κ2) is 4.56. The minimum absolute atomic E-state index is 0.195. The van der Waals surface area contributed by atoms with Gasteiger partial charge in [-0.15, -0.1) is 0 Å². The van der Waals surface area contributed by atoms with E-state index in [-0.39, 0.29) is 5.91 Å². The summed E-state index contributed by atoms with van der Waals surface area (Å²) in [5, 5.41) is 2.80. The molecule has 4 heteroatoms. The average molecular weight is 244 g/mol. The van der Waals surface area contributed by atoms with E-state index >= 15 is 0 Å². The number of carbonyl (C=O) groups excluding carboxylic acids is 1. The van der Waals surface area contributed by atoms with Crippen LogP contribution >= 0.6 is 0 Å². The van der Waals surface area contributed by atoms with Crippen LogP contribution in [-0.4, -0.2) is 5.91 Å². The molecule has 0 atom stereocenters. The first-order valence-corrected chi connectivity index (χ1v) is 5.73. The van der Waals surface area contributed by atoms with Gasteiger partial charge in [0.25, 0.3) is 5.91 Å². The fraction of sp³-hybridized carbons (Fsp3) is 0.214. The van der Waals surface area contributed by atoms with Gasteiger partial charge in [0.05, 0.1) is 16.9 Å². The molecule has 2 rings (SSSR count). The second-order valence-corrected chi connectivity index (χ2v) is 4.26. The highest BCUT2D eigenvalue weighted by Crippen LogP contribution is 2.23. The maximum atomic E-state index is 12.2. The van der Waals surface area contributed by atoms with E-state index < -0.39 is 0 Å². The van der Waals surface area contributed by atoms with Crippen LogP contribution in [-0.2, 0) is 0 Å². The molecule has 4 nitrogen and oxygen atoms in total. The number of nitrogens with two attached hydrogens (primary N) is 1. The van der Waals surface area contributed by atoms with Crippen LogP contribution in [0.2, 0.25) is 0 Å².